The van der Waals surface area contributed by atoms with Crippen molar-refractivity contribution in [1.82, 2.24) is 5.43 Å². The van der Waals surface area contributed by atoms with E-state index in [1.54, 1.807) is 36.5 Å². The van der Waals surface area contributed by atoms with Gasteiger partial charge in [-0.25, -0.2) is 5.43 Å². The van der Waals surface area contributed by atoms with Crippen LogP contribution in [0.15, 0.2) is 88.4 Å². The van der Waals surface area contributed by atoms with E-state index in [1.165, 1.54) is 0 Å². The van der Waals surface area contributed by atoms with Gasteiger partial charge in [0.2, 0.25) is 0 Å². The van der Waals surface area contributed by atoms with Crippen molar-refractivity contribution in [3.05, 3.63) is 110 Å². The van der Waals surface area contributed by atoms with E-state index in [1.807, 2.05) is 48.5 Å². The summed E-state index contributed by atoms with van der Waals surface area (Å²) in [4.78, 5) is 12.5. The Morgan fingerprint density at radius 3 is 2.56 bits per heavy atom. The molecule has 32 heavy (non-hydrogen) atoms. The summed E-state index contributed by atoms with van der Waals surface area (Å²) in [6, 6.07) is 24.3. The third-order valence-corrected chi connectivity index (χ3v) is 6.22. The number of fused-ring (bicyclic) bond motifs is 1. The maximum atomic E-state index is 12.5. The number of halogens is 3. The van der Waals surface area contributed by atoms with Gasteiger partial charge in [-0.1, -0.05) is 71.7 Å². The molecule has 0 saturated heterocycles. The Morgan fingerprint density at radius 2 is 1.75 bits per heavy atom. The molecular formula is C25H17BrCl2N2O2. The van der Waals surface area contributed by atoms with Crippen molar-refractivity contribution in [2.75, 3.05) is 0 Å². The number of hydrazone groups is 1. The molecule has 0 heterocycles. The molecule has 4 nitrogen and oxygen atoms in total. The summed E-state index contributed by atoms with van der Waals surface area (Å²) in [7, 11) is 0. The highest BCUT2D eigenvalue weighted by Gasteiger charge is 2.10. The molecule has 0 aliphatic carbocycles. The van der Waals surface area contributed by atoms with Gasteiger partial charge in [0.1, 0.15) is 12.4 Å². The topological polar surface area (TPSA) is 50.7 Å². The van der Waals surface area contributed by atoms with Gasteiger partial charge in [-0.2, -0.15) is 5.10 Å². The Labute approximate surface area is 203 Å². The van der Waals surface area contributed by atoms with Gasteiger partial charge in [0, 0.05) is 10.0 Å². The first kappa shape index (κ1) is 22.3. The summed E-state index contributed by atoms with van der Waals surface area (Å²) in [6.45, 7) is 0.305. The third kappa shape index (κ3) is 5.13. The van der Waals surface area contributed by atoms with E-state index >= 15 is 0 Å². The summed E-state index contributed by atoms with van der Waals surface area (Å²) in [5.41, 5.74) is 4.73. The maximum absolute atomic E-state index is 12.5. The van der Waals surface area contributed by atoms with Gasteiger partial charge < -0.3 is 4.74 Å². The molecule has 4 aromatic carbocycles. The summed E-state index contributed by atoms with van der Waals surface area (Å²) in [6.07, 6.45) is 1.60. The molecule has 160 valence electrons. The summed E-state index contributed by atoms with van der Waals surface area (Å²) in [5.74, 6) is 0.320. The van der Waals surface area contributed by atoms with E-state index in [-0.39, 0.29) is 5.91 Å². The number of rotatable bonds is 6. The molecule has 0 bridgehead atoms. The lowest BCUT2D eigenvalue weighted by Gasteiger charge is -2.12. The zero-order chi connectivity index (χ0) is 22.5. The Hall–Kier alpha value is -2.86. The maximum Gasteiger partial charge on any atom is 0.272 e. The zero-order valence-corrected chi connectivity index (χ0v) is 19.8. The van der Waals surface area contributed by atoms with Crippen molar-refractivity contribution in [2.24, 2.45) is 5.10 Å². The second-order valence-electron chi connectivity index (χ2n) is 6.91. The fourth-order valence-electron chi connectivity index (χ4n) is 3.19. The average Bonchev–Trinajstić information content (AvgIpc) is 2.80. The number of carbonyl (C=O) groups is 1. The fourth-order valence-corrected chi connectivity index (χ4v) is 3.97. The standard InChI is InChI=1S/C25H17BrCl2N2O2/c26-21-8-4-3-7-19(21)25(31)30-29-14-20-18-6-2-1-5-17(18)10-12-24(20)32-15-16-9-11-22(27)23(28)13-16/h1-14H,15H2,(H,30,31)/b29-14+. The number of hydrogen-bond acceptors (Lipinski definition) is 3. The highest BCUT2D eigenvalue weighted by Crippen LogP contribution is 2.28. The SMILES string of the molecule is O=C(N/N=C/c1c(OCc2ccc(Cl)c(Cl)c2)ccc2ccccc12)c1ccccc1Br. The van der Waals surface area contributed by atoms with Crippen LogP contribution in [-0.4, -0.2) is 12.1 Å². The van der Waals surface area contributed by atoms with Gasteiger partial charge in [0.15, 0.2) is 0 Å². The highest BCUT2D eigenvalue weighted by atomic mass is 79.9. The zero-order valence-electron chi connectivity index (χ0n) is 16.7. The molecule has 1 amide bonds. The van der Waals surface area contributed by atoms with Crippen molar-refractivity contribution in [1.29, 1.82) is 0 Å². The molecule has 0 saturated carbocycles. The average molecular weight is 528 g/mol. The van der Waals surface area contributed by atoms with Gasteiger partial charge >= 0.3 is 0 Å². The Morgan fingerprint density at radius 1 is 0.969 bits per heavy atom. The van der Waals surface area contributed by atoms with E-state index in [0.29, 0.717) is 32.4 Å². The molecule has 0 spiro atoms. The number of hydrogen-bond donors (Lipinski definition) is 1. The summed E-state index contributed by atoms with van der Waals surface area (Å²) >= 11 is 15.5. The number of ether oxygens (including phenoxy) is 1. The van der Waals surface area contributed by atoms with Crippen LogP contribution in [0.5, 0.6) is 5.75 Å². The predicted octanol–water partition coefficient (Wildman–Crippen LogP) is 7.25. The van der Waals surface area contributed by atoms with Crippen LogP contribution >= 0.6 is 39.1 Å². The fraction of sp³-hybridized carbons (Fsp3) is 0.0400. The third-order valence-electron chi connectivity index (χ3n) is 4.79. The van der Waals surface area contributed by atoms with E-state index in [0.717, 1.165) is 21.9 Å². The van der Waals surface area contributed by atoms with E-state index in [2.05, 4.69) is 26.5 Å². The van der Waals surface area contributed by atoms with Crippen LogP contribution in [0.4, 0.5) is 0 Å². The molecule has 0 aliphatic heterocycles. The van der Waals surface area contributed by atoms with E-state index in [4.69, 9.17) is 27.9 Å². The quantitative estimate of drug-likeness (QED) is 0.212. The minimum absolute atomic E-state index is 0.305. The molecule has 0 unspecified atom stereocenters. The molecule has 0 aliphatic rings. The molecule has 0 fully saturated rings. The molecule has 7 heteroatoms. The van der Waals surface area contributed by atoms with Crippen molar-refractivity contribution in [2.45, 2.75) is 6.61 Å². The predicted molar refractivity (Wildman–Crippen MR) is 134 cm³/mol. The second-order valence-corrected chi connectivity index (χ2v) is 8.58. The molecule has 1 N–H and O–H groups in total. The van der Waals surface area contributed by atoms with Crippen LogP contribution in [0.2, 0.25) is 10.0 Å². The smallest absolute Gasteiger partial charge is 0.272 e. The molecular weight excluding hydrogens is 511 g/mol. The number of nitrogens with one attached hydrogen (secondary N) is 1. The van der Waals surface area contributed by atoms with Crippen LogP contribution < -0.4 is 10.2 Å². The summed E-state index contributed by atoms with van der Waals surface area (Å²) < 4.78 is 6.77. The van der Waals surface area contributed by atoms with Gasteiger partial charge in [-0.3, -0.25) is 4.79 Å². The number of benzene rings is 4. The lowest BCUT2D eigenvalue weighted by atomic mass is 10.0. The molecule has 4 rings (SSSR count). The Balaban J connectivity index is 1.60. The lowest BCUT2D eigenvalue weighted by Crippen LogP contribution is -2.18. The Kier molecular flexibility index (Phi) is 7.10. The first-order valence-corrected chi connectivity index (χ1v) is 11.2. The van der Waals surface area contributed by atoms with Gasteiger partial charge in [-0.05, 0) is 62.6 Å². The van der Waals surface area contributed by atoms with Crippen LogP contribution in [0.1, 0.15) is 21.5 Å². The van der Waals surface area contributed by atoms with Gasteiger partial charge in [0.05, 0.1) is 21.8 Å². The second kappa shape index (κ2) is 10.2. The Bertz CT molecular complexity index is 1320. The van der Waals surface area contributed by atoms with E-state index < -0.39 is 0 Å². The first-order chi connectivity index (χ1) is 15.5. The van der Waals surface area contributed by atoms with Crippen molar-refractivity contribution in [3.63, 3.8) is 0 Å². The number of nitrogens with zero attached hydrogens (tertiary/aromatic N) is 1. The molecule has 0 atom stereocenters. The van der Waals surface area contributed by atoms with Crippen molar-refractivity contribution in [3.8, 4) is 5.75 Å². The normalized spacial score (nSPS) is 11.1. The minimum atomic E-state index is -0.313. The first-order valence-electron chi connectivity index (χ1n) is 9.69. The van der Waals surface area contributed by atoms with Crippen molar-refractivity contribution >= 4 is 62.0 Å². The largest absolute Gasteiger partial charge is 0.488 e. The minimum Gasteiger partial charge on any atom is -0.488 e. The molecule has 0 aromatic heterocycles. The van der Waals surface area contributed by atoms with E-state index in [9.17, 15) is 4.79 Å². The van der Waals surface area contributed by atoms with Crippen LogP contribution in [-0.2, 0) is 6.61 Å². The molecule has 4 aromatic rings. The van der Waals surface area contributed by atoms with Crippen molar-refractivity contribution < 1.29 is 9.53 Å². The monoisotopic (exact) mass is 526 g/mol. The summed E-state index contributed by atoms with van der Waals surface area (Å²) in [5, 5.41) is 7.15. The molecule has 0 radical (unpaired) electrons. The van der Waals surface area contributed by atoms with Crippen LogP contribution in [0.3, 0.4) is 0 Å². The van der Waals surface area contributed by atoms with Crippen LogP contribution in [0, 0.1) is 0 Å². The number of amides is 1. The van der Waals surface area contributed by atoms with Gasteiger partial charge in [0.25, 0.3) is 5.91 Å². The number of carbonyl (C=O) groups excluding carboxylic acids is 1. The lowest BCUT2D eigenvalue weighted by molar-refractivity contribution is 0.0954. The van der Waals surface area contributed by atoms with Gasteiger partial charge in [-0.15, -0.1) is 0 Å². The highest BCUT2D eigenvalue weighted by molar-refractivity contribution is 9.10. The van der Waals surface area contributed by atoms with Crippen LogP contribution in [0.25, 0.3) is 10.8 Å².